The number of methoxy groups -OCH3 is 6. The first-order chi connectivity index (χ1) is 29.5. The number of hydrogen-bond acceptors (Lipinski definition) is 14. The van der Waals surface area contributed by atoms with E-state index in [1.807, 2.05) is 13.0 Å². The molecule has 0 unspecified atom stereocenters. The van der Waals surface area contributed by atoms with Gasteiger partial charge in [0.25, 0.3) is 0 Å². The lowest BCUT2D eigenvalue weighted by atomic mass is 10.0. The van der Waals surface area contributed by atoms with E-state index in [9.17, 15) is 19.2 Å². The van der Waals surface area contributed by atoms with Gasteiger partial charge in [0.15, 0.2) is 23.0 Å². The largest absolute Gasteiger partial charge is 0.496 e. The summed E-state index contributed by atoms with van der Waals surface area (Å²) in [5.74, 6) is 0.368. The van der Waals surface area contributed by atoms with Crippen LogP contribution in [0.1, 0.15) is 47.0 Å². The SMILES string of the molecule is COc1cc(OC)c(C(=O)Oc2ccc(C(=O)Oc3ccc(-c4ccc(OC(=O)c5ccc(OC(=O)c6cc(OC)c(OC)cc6OC)cc5)c(C)c4)cc3)cc2)cc1OC. The van der Waals surface area contributed by atoms with E-state index in [0.717, 1.165) is 11.1 Å². The van der Waals surface area contributed by atoms with Gasteiger partial charge in [-0.1, -0.05) is 18.2 Å². The molecule has 0 fully saturated rings. The molecule has 0 amide bonds. The van der Waals surface area contributed by atoms with E-state index in [-0.39, 0.29) is 45.3 Å². The molecule has 0 N–H and O–H groups in total. The first-order valence-corrected chi connectivity index (χ1v) is 18.4. The minimum atomic E-state index is -0.695. The van der Waals surface area contributed by atoms with Crippen LogP contribution in [0, 0.1) is 6.92 Å². The molecule has 14 heteroatoms. The van der Waals surface area contributed by atoms with Crippen LogP contribution in [0.2, 0.25) is 0 Å². The molecule has 6 rings (SSSR count). The molecule has 0 radical (unpaired) electrons. The van der Waals surface area contributed by atoms with Gasteiger partial charge in [0, 0.05) is 24.3 Å². The number of benzene rings is 6. The lowest BCUT2D eigenvalue weighted by Gasteiger charge is -2.13. The maximum Gasteiger partial charge on any atom is 0.347 e. The van der Waals surface area contributed by atoms with Crippen molar-refractivity contribution in [3.8, 4) is 68.6 Å². The number of carbonyl (C=O) groups excluding carboxylic acids is 4. The lowest BCUT2D eigenvalue weighted by Crippen LogP contribution is -2.12. The molecule has 0 heterocycles. The van der Waals surface area contributed by atoms with Crippen molar-refractivity contribution in [1.82, 2.24) is 0 Å². The number of ether oxygens (including phenoxy) is 10. The summed E-state index contributed by atoms with van der Waals surface area (Å²) < 4.78 is 54.0. The van der Waals surface area contributed by atoms with Gasteiger partial charge in [0.2, 0.25) is 0 Å². The Morgan fingerprint density at radius 2 is 0.672 bits per heavy atom. The lowest BCUT2D eigenvalue weighted by molar-refractivity contribution is 0.0717. The Bertz CT molecular complexity index is 2560. The zero-order valence-electron chi connectivity index (χ0n) is 34.2. The fraction of sp³-hybridized carbons (Fsp3) is 0.149. The minimum absolute atomic E-state index is 0.124. The minimum Gasteiger partial charge on any atom is -0.496 e. The normalized spacial score (nSPS) is 10.5. The van der Waals surface area contributed by atoms with Crippen LogP contribution in [0.15, 0.2) is 115 Å². The summed E-state index contributed by atoms with van der Waals surface area (Å²) in [6.45, 7) is 1.81. The van der Waals surface area contributed by atoms with Crippen LogP contribution >= 0.6 is 0 Å². The number of esters is 4. The highest BCUT2D eigenvalue weighted by atomic mass is 16.6. The van der Waals surface area contributed by atoms with Crippen molar-refractivity contribution in [3.63, 3.8) is 0 Å². The summed E-state index contributed by atoms with van der Waals surface area (Å²) in [4.78, 5) is 51.9. The molecule has 0 atom stereocenters. The molecule has 0 aromatic heterocycles. The van der Waals surface area contributed by atoms with Gasteiger partial charge in [-0.15, -0.1) is 0 Å². The van der Waals surface area contributed by atoms with Crippen molar-refractivity contribution in [1.29, 1.82) is 0 Å². The number of carbonyl (C=O) groups is 4. The summed E-state index contributed by atoms with van der Waals surface area (Å²) in [7, 11) is 8.68. The maximum absolute atomic E-state index is 13.0. The quantitative estimate of drug-likeness (QED) is 0.0715. The molecule has 14 nitrogen and oxygen atoms in total. The molecule has 0 aliphatic rings. The van der Waals surface area contributed by atoms with Crippen LogP contribution in [0.3, 0.4) is 0 Å². The second-order valence-corrected chi connectivity index (χ2v) is 12.9. The molecule has 0 saturated heterocycles. The molecule has 0 aliphatic heterocycles. The Morgan fingerprint density at radius 1 is 0.328 bits per heavy atom. The van der Waals surface area contributed by atoms with Gasteiger partial charge in [-0.05, 0) is 96.4 Å². The summed E-state index contributed by atoms with van der Waals surface area (Å²) in [5.41, 5.74) is 3.09. The van der Waals surface area contributed by atoms with Gasteiger partial charge < -0.3 is 47.4 Å². The first kappa shape index (κ1) is 42.6. The highest BCUT2D eigenvalue weighted by Gasteiger charge is 2.22. The molecule has 0 aliphatic carbocycles. The topological polar surface area (TPSA) is 161 Å². The van der Waals surface area contributed by atoms with Gasteiger partial charge in [-0.3, -0.25) is 0 Å². The van der Waals surface area contributed by atoms with Crippen molar-refractivity contribution in [3.05, 3.63) is 143 Å². The van der Waals surface area contributed by atoms with E-state index in [0.29, 0.717) is 40.1 Å². The molecule has 0 saturated carbocycles. The van der Waals surface area contributed by atoms with E-state index in [4.69, 9.17) is 47.4 Å². The van der Waals surface area contributed by atoms with E-state index >= 15 is 0 Å². The molecular formula is C47H40O14. The summed E-state index contributed by atoms with van der Waals surface area (Å²) >= 11 is 0. The van der Waals surface area contributed by atoms with Crippen molar-refractivity contribution in [2.24, 2.45) is 0 Å². The van der Waals surface area contributed by atoms with Crippen LogP contribution in [0.4, 0.5) is 0 Å². The van der Waals surface area contributed by atoms with Crippen molar-refractivity contribution in [2.75, 3.05) is 42.7 Å². The molecular weight excluding hydrogens is 789 g/mol. The van der Waals surface area contributed by atoms with E-state index in [1.54, 1.807) is 36.4 Å². The Labute approximate surface area is 351 Å². The molecule has 6 aromatic carbocycles. The van der Waals surface area contributed by atoms with Crippen molar-refractivity contribution >= 4 is 23.9 Å². The Balaban J connectivity index is 1.03. The Morgan fingerprint density at radius 3 is 1.07 bits per heavy atom. The molecule has 61 heavy (non-hydrogen) atoms. The van der Waals surface area contributed by atoms with Crippen molar-refractivity contribution in [2.45, 2.75) is 6.92 Å². The van der Waals surface area contributed by atoms with Gasteiger partial charge in [-0.2, -0.15) is 0 Å². The third-order valence-electron chi connectivity index (χ3n) is 9.23. The van der Waals surface area contributed by atoms with Crippen molar-refractivity contribution < 1.29 is 66.5 Å². The first-order valence-electron chi connectivity index (χ1n) is 18.4. The van der Waals surface area contributed by atoms with Crippen LogP contribution in [0.5, 0.6) is 57.5 Å². The molecule has 6 aromatic rings. The van der Waals surface area contributed by atoms with E-state index in [1.165, 1.54) is 115 Å². The zero-order valence-corrected chi connectivity index (χ0v) is 34.2. The van der Waals surface area contributed by atoms with Gasteiger partial charge in [0.1, 0.15) is 45.6 Å². The fourth-order valence-corrected chi connectivity index (χ4v) is 6.00. The van der Waals surface area contributed by atoms with Gasteiger partial charge in [0.05, 0.1) is 53.8 Å². The van der Waals surface area contributed by atoms with E-state index in [2.05, 4.69) is 0 Å². The Kier molecular flexibility index (Phi) is 13.4. The summed E-state index contributed by atoms with van der Waals surface area (Å²) in [5, 5.41) is 0. The monoisotopic (exact) mass is 828 g/mol. The highest BCUT2D eigenvalue weighted by Crippen LogP contribution is 2.37. The average molecular weight is 829 g/mol. The summed E-state index contributed by atoms with van der Waals surface area (Å²) in [6, 6.07) is 30.1. The molecule has 0 spiro atoms. The zero-order chi connectivity index (χ0) is 43.6. The predicted molar refractivity (Wildman–Crippen MR) is 222 cm³/mol. The average Bonchev–Trinajstić information content (AvgIpc) is 3.29. The fourth-order valence-electron chi connectivity index (χ4n) is 6.00. The van der Waals surface area contributed by atoms with E-state index < -0.39 is 23.9 Å². The summed E-state index contributed by atoms with van der Waals surface area (Å²) in [6.07, 6.45) is 0. The predicted octanol–water partition coefficient (Wildman–Crippen LogP) is 8.59. The Hall–Kier alpha value is -8.00. The second kappa shape index (κ2) is 19.2. The standard InChI is InChI=1S/C47H40O14/c1-27-22-31(14-21-37(27)61-45(49)30-12-19-34(20-13-30)60-47(51)36-24-41(55-5)43(57-7)26-39(36)53-3)28-8-15-32(16-9-28)58-44(48)29-10-17-33(18-11-29)59-46(50)35-23-40(54-4)42(56-6)25-38(35)52-2/h8-26H,1-7H3. The third-order valence-corrected chi connectivity index (χ3v) is 9.23. The maximum atomic E-state index is 13.0. The number of rotatable bonds is 15. The van der Waals surface area contributed by atoms with Crippen LogP contribution < -0.4 is 47.4 Å². The van der Waals surface area contributed by atoms with Crippen LogP contribution in [-0.2, 0) is 0 Å². The number of aryl methyl sites for hydroxylation is 1. The highest BCUT2D eigenvalue weighted by molar-refractivity contribution is 5.96. The molecule has 312 valence electrons. The molecule has 0 bridgehead atoms. The van der Waals surface area contributed by atoms with Gasteiger partial charge in [-0.25, -0.2) is 19.2 Å². The van der Waals surface area contributed by atoms with Crippen LogP contribution in [0.25, 0.3) is 11.1 Å². The number of hydrogen-bond donors (Lipinski definition) is 0. The smallest absolute Gasteiger partial charge is 0.347 e. The third kappa shape index (κ3) is 9.83. The van der Waals surface area contributed by atoms with Crippen LogP contribution in [-0.4, -0.2) is 66.5 Å². The second-order valence-electron chi connectivity index (χ2n) is 12.9. The van der Waals surface area contributed by atoms with Gasteiger partial charge >= 0.3 is 23.9 Å².